The molecule has 0 spiro atoms. The van der Waals surface area contributed by atoms with E-state index in [2.05, 4.69) is 0 Å². The van der Waals surface area contributed by atoms with E-state index in [9.17, 15) is 13.2 Å². The van der Waals surface area contributed by atoms with Crippen molar-refractivity contribution in [3.63, 3.8) is 0 Å². The molecule has 0 saturated carbocycles. The average molecular weight is 301 g/mol. The molecule has 20 heavy (non-hydrogen) atoms. The third-order valence-corrected chi connectivity index (χ3v) is 3.43. The summed E-state index contributed by atoms with van der Waals surface area (Å²) < 4.78 is 43.9. The van der Waals surface area contributed by atoms with Crippen LogP contribution in [0, 0.1) is 0 Å². The molecule has 0 saturated heterocycles. The van der Waals surface area contributed by atoms with E-state index in [1.807, 2.05) is 0 Å². The summed E-state index contributed by atoms with van der Waals surface area (Å²) in [5.74, 6) is 0.627. The standard InChI is InChI=1S/C15H12ClF3O/c1-20-11-8-6-10(7-9-11)14(16)12-4-2-3-5-13(12)15(17,18)19/h2-9,14H,1H3. The summed E-state index contributed by atoms with van der Waals surface area (Å²) in [6.45, 7) is 0. The molecule has 0 bridgehead atoms. The highest BCUT2D eigenvalue weighted by Gasteiger charge is 2.34. The van der Waals surface area contributed by atoms with Crippen LogP contribution in [0.2, 0.25) is 0 Å². The molecule has 0 amide bonds. The molecule has 0 aliphatic heterocycles. The summed E-state index contributed by atoms with van der Waals surface area (Å²) in [6, 6.07) is 12.0. The van der Waals surface area contributed by atoms with Crippen LogP contribution in [0.5, 0.6) is 5.75 Å². The first-order valence-corrected chi connectivity index (χ1v) is 6.31. The van der Waals surface area contributed by atoms with Crippen LogP contribution in [-0.2, 0) is 6.18 Å². The molecule has 2 aromatic carbocycles. The zero-order valence-corrected chi connectivity index (χ0v) is 11.4. The van der Waals surface area contributed by atoms with Crippen molar-refractivity contribution in [2.45, 2.75) is 11.6 Å². The van der Waals surface area contributed by atoms with Gasteiger partial charge in [0.05, 0.1) is 18.1 Å². The van der Waals surface area contributed by atoms with Crippen LogP contribution in [0.25, 0.3) is 0 Å². The molecule has 1 atom stereocenters. The predicted molar refractivity (Wildman–Crippen MR) is 72.1 cm³/mol. The molecule has 5 heteroatoms. The molecular weight excluding hydrogens is 289 g/mol. The number of benzene rings is 2. The lowest BCUT2D eigenvalue weighted by Crippen LogP contribution is -2.10. The second-order valence-corrected chi connectivity index (χ2v) is 4.66. The highest BCUT2D eigenvalue weighted by atomic mass is 35.5. The molecule has 2 rings (SSSR count). The van der Waals surface area contributed by atoms with Crippen LogP contribution in [0.15, 0.2) is 48.5 Å². The van der Waals surface area contributed by atoms with Gasteiger partial charge in [0, 0.05) is 0 Å². The second kappa shape index (κ2) is 5.75. The van der Waals surface area contributed by atoms with Gasteiger partial charge in [0.25, 0.3) is 0 Å². The third kappa shape index (κ3) is 3.07. The SMILES string of the molecule is COc1ccc(C(Cl)c2ccccc2C(F)(F)F)cc1. The van der Waals surface area contributed by atoms with Crippen molar-refractivity contribution >= 4 is 11.6 Å². The fraction of sp³-hybridized carbons (Fsp3) is 0.200. The molecule has 0 aromatic heterocycles. The zero-order valence-electron chi connectivity index (χ0n) is 10.6. The van der Waals surface area contributed by atoms with Gasteiger partial charge in [-0.25, -0.2) is 0 Å². The van der Waals surface area contributed by atoms with Crippen molar-refractivity contribution in [3.8, 4) is 5.75 Å². The van der Waals surface area contributed by atoms with Gasteiger partial charge >= 0.3 is 6.18 Å². The van der Waals surface area contributed by atoms with Crippen LogP contribution in [0.1, 0.15) is 22.1 Å². The second-order valence-electron chi connectivity index (χ2n) is 4.22. The number of ether oxygens (including phenoxy) is 1. The Hall–Kier alpha value is -1.68. The minimum Gasteiger partial charge on any atom is -0.497 e. The van der Waals surface area contributed by atoms with Crippen LogP contribution in [0.4, 0.5) is 13.2 Å². The van der Waals surface area contributed by atoms with Gasteiger partial charge in [0.2, 0.25) is 0 Å². The first kappa shape index (κ1) is 14.7. The van der Waals surface area contributed by atoms with E-state index in [1.54, 1.807) is 30.3 Å². The summed E-state index contributed by atoms with van der Waals surface area (Å²) in [6.07, 6.45) is -4.42. The molecule has 0 fully saturated rings. The highest BCUT2D eigenvalue weighted by Crippen LogP contribution is 2.39. The molecule has 0 aliphatic carbocycles. The van der Waals surface area contributed by atoms with Crippen molar-refractivity contribution in [1.29, 1.82) is 0 Å². The quantitative estimate of drug-likeness (QED) is 0.721. The Morgan fingerprint density at radius 2 is 1.60 bits per heavy atom. The van der Waals surface area contributed by atoms with Gasteiger partial charge < -0.3 is 4.74 Å². The van der Waals surface area contributed by atoms with Crippen molar-refractivity contribution in [2.24, 2.45) is 0 Å². The summed E-state index contributed by atoms with van der Waals surface area (Å²) in [5, 5.41) is -0.862. The number of rotatable bonds is 3. The Bertz CT molecular complexity index is 578. The Morgan fingerprint density at radius 1 is 1.00 bits per heavy atom. The largest absolute Gasteiger partial charge is 0.497 e. The molecule has 0 aliphatic rings. The van der Waals surface area contributed by atoms with E-state index in [0.29, 0.717) is 11.3 Å². The Morgan fingerprint density at radius 3 is 2.15 bits per heavy atom. The van der Waals surface area contributed by atoms with E-state index < -0.39 is 17.1 Å². The van der Waals surface area contributed by atoms with Crippen LogP contribution in [-0.4, -0.2) is 7.11 Å². The first-order chi connectivity index (χ1) is 9.43. The molecule has 0 heterocycles. The predicted octanol–water partition coefficient (Wildman–Crippen LogP) is 5.04. The van der Waals surface area contributed by atoms with Crippen LogP contribution < -0.4 is 4.74 Å². The minimum atomic E-state index is -4.42. The normalized spacial score (nSPS) is 13.1. The van der Waals surface area contributed by atoms with Gasteiger partial charge in [-0.15, -0.1) is 11.6 Å². The van der Waals surface area contributed by atoms with E-state index >= 15 is 0 Å². The Balaban J connectivity index is 2.40. The third-order valence-electron chi connectivity index (χ3n) is 2.95. The molecule has 1 nitrogen and oxygen atoms in total. The molecule has 106 valence electrons. The maximum absolute atomic E-state index is 13.0. The maximum Gasteiger partial charge on any atom is 0.416 e. The molecule has 2 aromatic rings. The van der Waals surface area contributed by atoms with Gasteiger partial charge in [0.1, 0.15) is 5.75 Å². The van der Waals surface area contributed by atoms with Gasteiger partial charge in [-0.05, 0) is 29.3 Å². The monoisotopic (exact) mass is 300 g/mol. The van der Waals surface area contributed by atoms with Crippen molar-refractivity contribution in [1.82, 2.24) is 0 Å². The topological polar surface area (TPSA) is 9.23 Å². The van der Waals surface area contributed by atoms with E-state index in [1.165, 1.54) is 19.2 Å². The van der Waals surface area contributed by atoms with Crippen molar-refractivity contribution in [3.05, 3.63) is 65.2 Å². The maximum atomic E-state index is 13.0. The number of alkyl halides is 4. The minimum absolute atomic E-state index is 0.0480. The van der Waals surface area contributed by atoms with Gasteiger partial charge in [-0.1, -0.05) is 30.3 Å². The lowest BCUT2D eigenvalue weighted by atomic mass is 9.99. The zero-order chi connectivity index (χ0) is 14.8. The first-order valence-electron chi connectivity index (χ1n) is 5.87. The average Bonchev–Trinajstić information content (AvgIpc) is 2.46. The summed E-state index contributed by atoms with van der Waals surface area (Å²) in [4.78, 5) is 0. The fourth-order valence-corrected chi connectivity index (χ4v) is 2.26. The smallest absolute Gasteiger partial charge is 0.416 e. The lowest BCUT2D eigenvalue weighted by Gasteiger charge is -2.17. The summed E-state index contributed by atoms with van der Waals surface area (Å²) >= 11 is 6.20. The van der Waals surface area contributed by atoms with Crippen molar-refractivity contribution < 1.29 is 17.9 Å². The van der Waals surface area contributed by atoms with Gasteiger partial charge in [0.15, 0.2) is 0 Å². The summed E-state index contributed by atoms with van der Waals surface area (Å²) in [5.41, 5.74) is -0.0770. The van der Waals surface area contributed by atoms with E-state index in [-0.39, 0.29) is 5.56 Å². The molecule has 0 N–H and O–H groups in total. The van der Waals surface area contributed by atoms with E-state index in [0.717, 1.165) is 6.07 Å². The van der Waals surface area contributed by atoms with Crippen LogP contribution in [0.3, 0.4) is 0 Å². The molecule has 1 unspecified atom stereocenters. The van der Waals surface area contributed by atoms with Crippen LogP contribution >= 0.6 is 11.6 Å². The molecular formula is C15H12ClF3O. The Kier molecular flexibility index (Phi) is 4.23. The van der Waals surface area contributed by atoms with Gasteiger partial charge in [-0.3, -0.25) is 0 Å². The van der Waals surface area contributed by atoms with Gasteiger partial charge in [-0.2, -0.15) is 13.2 Å². The number of halogens is 4. The number of methoxy groups -OCH3 is 1. The molecule has 0 radical (unpaired) electrons. The van der Waals surface area contributed by atoms with E-state index in [4.69, 9.17) is 16.3 Å². The number of hydrogen-bond donors (Lipinski definition) is 0. The summed E-state index contributed by atoms with van der Waals surface area (Å²) in [7, 11) is 1.52. The van der Waals surface area contributed by atoms with Crippen molar-refractivity contribution in [2.75, 3.05) is 7.11 Å². The Labute approximate surface area is 119 Å². The lowest BCUT2D eigenvalue weighted by molar-refractivity contribution is -0.138. The number of hydrogen-bond acceptors (Lipinski definition) is 1. The fourth-order valence-electron chi connectivity index (χ4n) is 1.93. The highest BCUT2D eigenvalue weighted by molar-refractivity contribution is 6.22.